The molecule has 0 spiro atoms. The summed E-state index contributed by atoms with van der Waals surface area (Å²) < 4.78 is 14.7. The minimum atomic E-state index is -0.642. The molecule has 2 N–H and O–H groups in total. The number of hydrogen-bond donors (Lipinski definition) is 1. The van der Waals surface area contributed by atoms with E-state index in [1.54, 1.807) is 0 Å². The van der Waals surface area contributed by atoms with Crippen LogP contribution in [-0.4, -0.2) is 25.3 Å². The highest BCUT2D eigenvalue weighted by Gasteiger charge is 2.22. The van der Waals surface area contributed by atoms with Crippen LogP contribution in [-0.2, 0) is 10.8 Å². The monoisotopic (exact) mass is 375 g/mol. The number of hydrogen-bond acceptors (Lipinski definition) is 3. The van der Waals surface area contributed by atoms with E-state index >= 15 is 0 Å². The van der Waals surface area contributed by atoms with Gasteiger partial charge in [-0.25, -0.2) is 4.98 Å². The van der Waals surface area contributed by atoms with Gasteiger partial charge in [-0.2, -0.15) is 0 Å². The number of benzene rings is 1. The van der Waals surface area contributed by atoms with Crippen LogP contribution in [0.25, 0.3) is 11.0 Å². The first kappa shape index (κ1) is 12.4. The number of aromatic nitrogens is 2. The van der Waals surface area contributed by atoms with Crippen LogP contribution in [0.5, 0.6) is 0 Å². The number of anilines is 1. The summed E-state index contributed by atoms with van der Waals surface area (Å²) in [6.45, 7) is 0. The standard InChI is InChI=1S/C12H14IN3OS/c13-8-1-2-11-10(7-8)15-12(14)16(11)9-3-5-18(17)6-4-9/h1-2,7,9H,3-6H2,(H2,14,15). The summed E-state index contributed by atoms with van der Waals surface area (Å²) in [6.07, 6.45) is 1.85. The Morgan fingerprint density at radius 1 is 1.39 bits per heavy atom. The quantitative estimate of drug-likeness (QED) is 0.779. The first-order valence-corrected chi connectivity index (χ1v) is 8.50. The predicted octanol–water partition coefficient (Wildman–Crippen LogP) is 2.31. The number of imidazole rings is 1. The zero-order valence-electron chi connectivity index (χ0n) is 9.80. The van der Waals surface area contributed by atoms with Crippen LogP contribution < -0.4 is 5.73 Å². The SMILES string of the molecule is Nc1nc2cc(I)ccc2n1C1CCS(=O)CC1. The summed E-state index contributed by atoms with van der Waals surface area (Å²) in [7, 11) is -0.642. The second kappa shape index (κ2) is 4.80. The van der Waals surface area contributed by atoms with Gasteiger partial charge in [0.25, 0.3) is 0 Å². The Morgan fingerprint density at radius 3 is 2.83 bits per heavy atom. The largest absolute Gasteiger partial charge is 0.369 e. The van der Waals surface area contributed by atoms with E-state index < -0.39 is 10.8 Å². The van der Waals surface area contributed by atoms with Crippen LogP contribution in [0.4, 0.5) is 5.95 Å². The number of halogens is 1. The van der Waals surface area contributed by atoms with E-state index in [-0.39, 0.29) is 0 Å². The molecular formula is C12H14IN3OS. The second-order valence-corrected chi connectivity index (χ2v) is 7.49. The fourth-order valence-electron chi connectivity index (χ4n) is 2.51. The third kappa shape index (κ3) is 2.16. The fraction of sp³-hybridized carbons (Fsp3) is 0.417. The Labute approximate surface area is 122 Å². The highest BCUT2D eigenvalue weighted by atomic mass is 127. The van der Waals surface area contributed by atoms with Gasteiger partial charge in [0.1, 0.15) is 0 Å². The summed E-state index contributed by atoms with van der Waals surface area (Å²) in [4.78, 5) is 4.43. The maximum absolute atomic E-state index is 11.4. The molecule has 1 fully saturated rings. The van der Waals surface area contributed by atoms with Crippen molar-refractivity contribution < 1.29 is 4.21 Å². The van der Waals surface area contributed by atoms with Crippen molar-refractivity contribution in [2.24, 2.45) is 0 Å². The average molecular weight is 375 g/mol. The number of nitrogens with zero attached hydrogens (tertiary/aromatic N) is 2. The Bertz CT molecular complexity index is 615. The lowest BCUT2D eigenvalue weighted by Crippen LogP contribution is -2.22. The molecule has 4 nitrogen and oxygen atoms in total. The van der Waals surface area contributed by atoms with Gasteiger partial charge in [0.15, 0.2) is 0 Å². The van der Waals surface area contributed by atoms with E-state index in [1.807, 2.05) is 6.07 Å². The van der Waals surface area contributed by atoms with Crippen molar-refractivity contribution in [2.75, 3.05) is 17.2 Å². The summed E-state index contributed by atoms with van der Waals surface area (Å²) in [6, 6.07) is 6.53. The predicted molar refractivity (Wildman–Crippen MR) is 83.0 cm³/mol. The van der Waals surface area contributed by atoms with Gasteiger partial charge in [-0.05, 0) is 53.6 Å². The molecule has 3 rings (SSSR count). The highest BCUT2D eigenvalue weighted by Crippen LogP contribution is 2.30. The van der Waals surface area contributed by atoms with Crippen molar-refractivity contribution in [2.45, 2.75) is 18.9 Å². The molecule has 0 unspecified atom stereocenters. The van der Waals surface area contributed by atoms with Crippen molar-refractivity contribution in [1.82, 2.24) is 9.55 Å². The van der Waals surface area contributed by atoms with Gasteiger partial charge in [0, 0.05) is 31.9 Å². The van der Waals surface area contributed by atoms with Crippen LogP contribution in [0, 0.1) is 3.57 Å². The summed E-state index contributed by atoms with van der Waals surface area (Å²) >= 11 is 2.28. The first-order valence-electron chi connectivity index (χ1n) is 5.93. The summed E-state index contributed by atoms with van der Waals surface area (Å²) in [5.41, 5.74) is 8.08. The van der Waals surface area contributed by atoms with Crippen LogP contribution >= 0.6 is 22.6 Å². The van der Waals surface area contributed by atoms with Crippen molar-refractivity contribution in [3.05, 3.63) is 21.8 Å². The number of nitrogens with two attached hydrogens (primary N) is 1. The average Bonchev–Trinajstić information content (AvgIpc) is 2.65. The van der Waals surface area contributed by atoms with Crippen LogP contribution in [0.3, 0.4) is 0 Å². The molecule has 1 aromatic carbocycles. The Balaban J connectivity index is 2.05. The topological polar surface area (TPSA) is 60.9 Å². The van der Waals surface area contributed by atoms with Crippen molar-refractivity contribution in [3.8, 4) is 0 Å². The lowest BCUT2D eigenvalue weighted by atomic mass is 10.1. The molecule has 0 radical (unpaired) electrons. The van der Waals surface area contributed by atoms with Gasteiger partial charge < -0.3 is 10.3 Å². The van der Waals surface area contributed by atoms with Gasteiger partial charge in [-0.3, -0.25) is 4.21 Å². The van der Waals surface area contributed by atoms with E-state index in [0.29, 0.717) is 12.0 Å². The Kier molecular flexibility index (Phi) is 3.31. The first-order chi connectivity index (χ1) is 8.65. The smallest absolute Gasteiger partial charge is 0.201 e. The number of fused-ring (bicyclic) bond motifs is 1. The third-order valence-corrected chi connectivity index (χ3v) is 5.45. The molecule has 0 atom stereocenters. The lowest BCUT2D eigenvalue weighted by Gasteiger charge is -2.24. The van der Waals surface area contributed by atoms with Gasteiger partial charge in [-0.1, -0.05) is 0 Å². The van der Waals surface area contributed by atoms with E-state index in [0.717, 1.165) is 39.0 Å². The van der Waals surface area contributed by atoms with E-state index in [1.165, 1.54) is 0 Å². The van der Waals surface area contributed by atoms with Crippen LogP contribution in [0.15, 0.2) is 18.2 Å². The molecule has 0 bridgehead atoms. The van der Waals surface area contributed by atoms with Crippen molar-refractivity contribution >= 4 is 50.4 Å². The van der Waals surface area contributed by atoms with Crippen LogP contribution in [0.1, 0.15) is 18.9 Å². The molecule has 6 heteroatoms. The van der Waals surface area contributed by atoms with Gasteiger partial charge in [0.2, 0.25) is 5.95 Å². The van der Waals surface area contributed by atoms with E-state index in [2.05, 4.69) is 44.3 Å². The molecule has 2 aromatic rings. The molecule has 1 aliphatic rings. The summed E-state index contributed by atoms with van der Waals surface area (Å²) in [5.74, 6) is 2.12. The highest BCUT2D eigenvalue weighted by molar-refractivity contribution is 14.1. The Morgan fingerprint density at radius 2 is 2.11 bits per heavy atom. The molecule has 1 aromatic heterocycles. The zero-order chi connectivity index (χ0) is 12.7. The maximum atomic E-state index is 11.4. The maximum Gasteiger partial charge on any atom is 0.201 e. The minimum Gasteiger partial charge on any atom is -0.369 e. The van der Waals surface area contributed by atoms with Crippen molar-refractivity contribution in [1.29, 1.82) is 0 Å². The molecule has 0 aliphatic carbocycles. The molecule has 0 amide bonds. The van der Waals surface area contributed by atoms with Crippen LogP contribution in [0.2, 0.25) is 0 Å². The van der Waals surface area contributed by atoms with Crippen molar-refractivity contribution in [3.63, 3.8) is 0 Å². The molecule has 18 heavy (non-hydrogen) atoms. The second-order valence-electron chi connectivity index (χ2n) is 4.55. The van der Waals surface area contributed by atoms with Gasteiger partial charge in [0.05, 0.1) is 11.0 Å². The molecule has 1 aliphatic heterocycles. The van der Waals surface area contributed by atoms with E-state index in [4.69, 9.17) is 5.73 Å². The lowest BCUT2D eigenvalue weighted by molar-refractivity contribution is 0.478. The number of nitrogen functional groups attached to an aromatic ring is 1. The molecule has 1 saturated heterocycles. The van der Waals surface area contributed by atoms with Gasteiger partial charge in [-0.15, -0.1) is 0 Å². The summed E-state index contributed by atoms with van der Waals surface area (Å²) in [5, 5.41) is 0. The fourth-order valence-corrected chi connectivity index (χ4v) is 4.26. The van der Waals surface area contributed by atoms with Gasteiger partial charge >= 0.3 is 0 Å². The number of rotatable bonds is 1. The van der Waals surface area contributed by atoms with E-state index in [9.17, 15) is 4.21 Å². The zero-order valence-corrected chi connectivity index (χ0v) is 12.8. The molecule has 0 saturated carbocycles. The Hall–Kier alpha value is -0.630. The molecular weight excluding hydrogens is 361 g/mol. The molecule has 2 heterocycles. The molecule has 96 valence electrons. The minimum absolute atomic E-state index is 0.341. The third-order valence-electron chi connectivity index (χ3n) is 3.40. The normalized spacial score (nSPS) is 24.5.